The normalized spacial score (nSPS) is 21.0. The van der Waals surface area contributed by atoms with Crippen LogP contribution in [0.15, 0.2) is 18.2 Å². The third-order valence-corrected chi connectivity index (χ3v) is 5.74. The number of rotatable bonds is 3. The molecule has 1 aliphatic heterocycles. The van der Waals surface area contributed by atoms with Crippen LogP contribution in [0, 0.1) is 17.2 Å². The number of primary amides is 1. The molecule has 2 N–H and O–H groups in total. The van der Waals surface area contributed by atoms with Gasteiger partial charge in [-0.2, -0.15) is 18.4 Å². The Labute approximate surface area is 167 Å². The summed E-state index contributed by atoms with van der Waals surface area (Å²) in [5.74, 6) is -0.892. The number of carbonyl (C=O) groups is 2. The van der Waals surface area contributed by atoms with Crippen LogP contribution in [-0.2, 0) is 15.8 Å². The van der Waals surface area contributed by atoms with E-state index in [9.17, 15) is 22.8 Å². The van der Waals surface area contributed by atoms with Gasteiger partial charge >= 0.3 is 6.18 Å². The lowest BCUT2D eigenvalue weighted by Crippen LogP contribution is -2.61. The monoisotopic (exact) mass is 408 g/mol. The van der Waals surface area contributed by atoms with Crippen molar-refractivity contribution >= 4 is 17.5 Å². The fourth-order valence-corrected chi connectivity index (χ4v) is 4.17. The zero-order valence-electron chi connectivity index (χ0n) is 15.9. The van der Waals surface area contributed by atoms with Gasteiger partial charge in [0, 0.05) is 31.2 Å². The number of alkyl halides is 3. The average Bonchev–Trinajstić information content (AvgIpc) is 2.72. The van der Waals surface area contributed by atoms with Crippen LogP contribution >= 0.6 is 0 Å². The van der Waals surface area contributed by atoms with E-state index < -0.39 is 29.3 Å². The molecule has 2 amide bonds. The number of nitriles is 1. The molecule has 1 heterocycles. The molecule has 1 aromatic rings. The van der Waals surface area contributed by atoms with Crippen molar-refractivity contribution in [3.8, 4) is 6.07 Å². The van der Waals surface area contributed by atoms with Crippen molar-refractivity contribution in [1.82, 2.24) is 4.90 Å². The van der Waals surface area contributed by atoms with Gasteiger partial charge in [-0.05, 0) is 31.0 Å². The number of hydrogen-bond acceptors (Lipinski definition) is 4. The maximum Gasteiger partial charge on any atom is 0.417 e. The largest absolute Gasteiger partial charge is 0.417 e. The molecule has 2 fully saturated rings. The van der Waals surface area contributed by atoms with E-state index >= 15 is 0 Å². The summed E-state index contributed by atoms with van der Waals surface area (Å²) in [7, 11) is 0. The molecule has 1 saturated carbocycles. The minimum Gasteiger partial charge on any atom is -0.368 e. The highest BCUT2D eigenvalue weighted by atomic mass is 19.4. The third-order valence-electron chi connectivity index (χ3n) is 5.74. The van der Waals surface area contributed by atoms with Gasteiger partial charge in [0.1, 0.15) is 6.04 Å². The van der Waals surface area contributed by atoms with E-state index in [-0.39, 0.29) is 37.1 Å². The Morgan fingerprint density at radius 2 is 1.83 bits per heavy atom. The van der Waals surface area contributed by atoms with Crippen LogP contribution in [0.25, 0.3) is 0 Å². The highest BCUT2D eigenvalue weighted by Gasteiger charge is 2.38. The average molecular weight is 408 g/mol. The topological polar surface area (TPSA) is 90.4 Å². The number of piperazine rings is 1. The Hall–Kier alpha value is -2.76. The minimum absolute atomic E-state index is 0.0248. The Kier molecular flexibility index (Phi) is 6.01. The summed E-state index contributed by atoms with van der Waals surface area (Å²) in [5, 5.41) is 8.95. The highest BCUT2D eigenvalue weighted by molar-refractivity contribution is 5.88. The molecule has 1 atom stereocenters. The maximum absolute atomic E-state index is 13.3. The van der Waals surface area contributed by atoms with E-state index in [1.54, 1.807) is 11.0 Å². The molecular weight excluding hydrogens is 385 g/mol. The molecule has 1 saturated heterocycles. The Morgan fingerprint density at radius 1 is 1.14 bits per heavy atom. The summed E-state index contributed by atoms with van der Waals surface area (Å²) in [5.41, 5.74) is 4.29. The summed E-state index contributed by atoms with van der Waals surface area (Å²) in [6.45, 7) is 0.521. The van der Waals surface area contributed by atoms with Crippen molar-refractivity contribution in [3.05, 3.63) is 29.3 Å². The predicted molar refractivity (Wildman–Crippen MR) is 99.6 cm³/mol. The first-order chi connectivity index (χ1) is 13.7. The van der Waals surface area contributed by atoms with Crippen molar-refractivity contribution in [2.45, 2.75) is 44.3 Å². The van der Waals surface area contributed by atoms with Gasteiger partial charge in [-0.3, -0.25) is 9.59 Å². The van der Waals surface area contributed by atoms with E-state index in [2.05, 4.69) is 0 Å². The van der Waals surface area contributed by atoms with Gasteiger partial charge < -0.3 is 15.5 Å². The summed E-state index contributed by atoms with van der Waals surface area (Å²) >= 11 is 0. The third kappa shape index (κ3) is 4.47. The quantitative estimate of drug-likeness (QED) is 0.833. The molecule has 2 aliphatic rings. The van der Waals surface area contributed by atoms with Crippen molar-refractivity contribution in [2.75, 3.05) is 24.5 Å². The van der Waals surface area contributed by atoms with Crippen molar-refractivity contribution in [1.29, 1.82) is 5.26 Å². The Morgan fingerprint density at radius 3 is 2.41 bits per heavy atom. The van der Waals surface area contributed by atoms with E-state index in [1.165, 1.54) is 11.0 Å². The van der Waals surface area contributed by atoms with Gasteiger partial charge in [-0.15, -0.1) is 0 Å². The first kappa shape index (κ1) is 21.0. The fraction of sp³-hybridized carbons (Fsp3) is 0.550. The zero-order chi connectivity index (χ0) is 21.2. The number of benzene rings is 1. The van der Waals surface area contributed by atoms with Gasteiger partial charge in [0.2, 0.25) is 11.8 Å². The number of amides is 2. The molecule has 0 bridgehead atoms. The second-order valence-electron chi connectivity index (χ2n) is 7.57. The van der Waals surface area contributed by atoms with Crippen LogP contribution in [0.4, 0.5) is 18.9 Å². The van der Waals surface area contributed by atoms with E-state index in [0.29, 0.717) is 0 Å². The maximum atomic E-state index is 13.3. The van der Waals surface area contributed by atoms with Gasteiger partial charge in [0.05, 0.1) is 17.2 Å². The summed E-state index contributed by atoms with van der Waals surface area (Å²) in [4.78, 5) is 28.0. The molecule has 9 heteroatoms. The van der Waals surface area contributed by atoms with Crippen LogP contribution in [0.2, 0.25) is 0 Å². The number of nitrogens with zero attached hydrogens (tertiary/aromatic N) is 3. The minimum atomic E-state index is -4.66. The lowest BCUT2D eigenvalue weighted by molar-refractivity contribution is -0.144. The Balaban J connectivity index is 1.82. The van der Waals surface area contributed by atoms with Crippen molar-refractivity contribution in [3.63, 3.8) is 0 Å². The standard InChI is InChI=1S/C20H23F3N4O2/c21-20(22,23)16-10-15(7-6-14(16)11-24)26-8-9-27(17(12-26)18(25)28)19(29)13-4-2-1-3-5-13/h6-7,10,13,17H,1-5,8-9,12H2,(H2,25,28). The lowest BCUT2D eigenvalue weighted by Gasteiger charge is -2.42. The molecule has 1 aromatic carbocycles. The van der Waals surface area contributed by atoms with Crippen LogP contribution in [0.3, 0.4) is 0 Å². The second kappa shape index (κ2) is 8.31. The molecule has 6 nitrogen and oxygen atoms in total. The number of carbonyl (C=O) groups excluding carboxylic acids is 2. The molecule has 1 aliphatic carbocycles. The molecule has 3 rings (SSSR count). The molecule has 1 unspecified atom stereocenters. The fourth-order valence-electron chi connectivity index (χ4n) is 4.17. The SMILES string of the molecule is N#Cc1ccc(N2CCN(C(=O)C3CCCCC3)C(C(N)=O)C2)cc1C(F)(F)F. The number of halogens is 3. The first-order valence-electron chi connectivity index (χ1n) is 9.68. The van der Waals surface area contributed by atoms with Crippen molar-refractivity contribution < 1.29 is 22.8 Å². The van der Waals surface area contributed by atoms with Gasteiger partial charge in [-0.1, -0.05) is 19.3 Å². The van der Waals surface area contributed by atoms with Gasteiger partial charge in [-0.25, -0.2) is 0 Å². The lowest BCUT2D eigenvalue weighted by atomic mass is 9.87. The first-order valence-corrected chi connectivity index (χ1v) is 9.68. The Bertz CT molecular complexity index is 828. The van der Waals surface area contributed by atoms with Gasteiger partial charge in [0.15, 0.2) is 0 Å². The van der Waals surface area contributed by atoms with Crippen LogP contribution < -0.4 is 10.6 Å². The smallest absolute Gasteiger partial charge is 0.368 e. The number of nitrogens with two attached hydrogens (primary N) is 1. The molecule has 0 spiro atoms. The number of anilines is 1. The molecule has 156 valence electrons. The van der Waals surface area contributed by atoms with E-state index in [1.807, 2.05) is 0 Å². The van der Waals surface area contributed by atoms with Crippen LogP contribution in [-0.4, -0.2) is 42.4 Å². The molecule has 29 heavy (non-hydrogen) atoms. The zero-order valence-corrected chi connectivity index (χ0v) is 15.9. The summed E-state index contributed by atoms with van der Waals surface area (Å²) < 4.78 is 39.8. The van der Waals surface area contributed by atoms with E-state index in [4.69, 9.17) is 11.0 Å². The van der Waals surface area contributed by atoms with Crippen molar-refractivity contribution in [2.24, 2.45) is 11.7 Å². The van der Waals surface area contributed by atoms with Gasteiger partial charge in [0.25, 0.3) is 0 Å². The van der Waals surface area contributed by atoms with Crippen LogP contribution in [0.5, 0.6) is 0 Å². The predicted octanol–water partition coefficient (Wildman–Crippen LogP) is 2.66. The molecule has 0 radical (unpaired) electrons. The molecule has 0 aromatic heterocycles. The van der Waals surface area contributed by atoms with Crippen LogP contribution in [0.1, 0.15) is 43.2 Å². The highest BCUT2D eigenvalue weighted by Crippen LogP contribution is 2.35. The van der Waals surface area contributed by atoms with E-state index in [0.717, 1.165) is 44.2 Å². The summed E-state index contributed by atoms with van der Waals surface area (Å²) in [6.07, 6.45) is -0.0453. The number of hydrogen-bond donors (Lipinski definition) is 1. The summed E-state index contributed by atoms with van der Waals surface area (Å²) in [6, 6.07) is 4.11. The molecular formula is C20H23F3N4O2. The second-order valence-corrected chi connectivity index (χ2v) is 7.57.